The minimum atomic E-state index is 0.00352. The van der Waals surface area contributed by atoms with Crippen LogP contribution in [0.15, 0.2) is 18.2 Å². The second-order valence-corrected chi connectivity index (χ2v) is 5.65. The summed E-state index contributed by atoms with van der Waals surface area (Å²) in [4.78, 5) is 14.4. The summed E-state index contributed by atoms with van der Waals surface area (Å²) >= 11 is 0. The Kier molecular flexibility index (Phi) is 4.29. The van der Waals surface area contributed by atoms with Gasteiger partial charge in [0.1, 0.15) is 0 Å². The summed E-state index contributed by atoms with van der Waals surface area (Å²) in [5.74, 6) is 1.55. The van der Waals surface area contributed by atoms with Crippen molar-refractivity contribution < 1.29 is 19.4 Å². The molecule has 1 aromatic carbocycles. The van der Waals surface area contributed by atoms with Gasteiger partial charge in [-0.1, -0.05) is 0 Å². The number of hydrogen-bond acceptors (Lipinski definition) is 4. The number of ether oxygens (including phenoxy) is 2. The van der Waals surface area contributed by atoms with Gasteiger partial charge in [0.2, 0.25) is 0 Å². The Morgan fingerprint density at radius 3 is 2.86 bits per heavy atom. The highest BCUT2D eigenvalue weighted by Crippen LogP contribution is 2.31. The lowest BCUT2D eigenvalue weighted by atomic mass is 9.98. The van der Waals surface area contributed by atoms with Crippen LogP contribution in [0, 0.1) is 5.92 Å². The fourth-order valence-electron chi connectivity index (χ4n) is 2.88. The topological polar surface area (TPSA) is 59.0 Å². The first-order chi connectivity index (χ1) is 10.3. The largest absolute Gasteiger partial charge is 0.490 e. The molecule has 1 saturated heterocycles. The van der Waals surface area contributed by atoms with Gasteiger partial charge < -0.3 is 19.5 Å². The van der Waals surface area contributed by atoms with Crippen molar-refractivity contribution in [3.05, 3.63) is 23.8 Å². The minimum Gasteiger partial charge on any atom is -0.490 e. The maximum absolute atomic E-state index is 12.6. The summed E-state index contributed by atoms with van der Waals surface area (Å²) in [5, 5.41) is 9.28. The Bertz CT molecular complexity index is 517. The highest BCUT2D eigenvalue weighted by molar-refractivity contribution is 5.95. The molecule has 1 unspecified atom stereocenters. The van der Waals surface area contributed by atoms with Crippen LogP contribution in [-0.2, 0) is 0 Å². The van der Waals surface area contributed by atoms with Gasteiger partial charge >= 0.3 is 0 Å². The molecule has 1 amide bonds. The summed E-state index contributed by atoms with van der Waals surface area (Å²) in [6.45, 7) is 2.78. The first-order valence-electron chi connectivity index (χ1n) is 7.57. The van der Waals surface area contributed by atoms with Gasteiger partial charge in [-0.05, 0) is 37.0 Å². The molecule has 1 fully saturated rings. The molecule has 114 valence electrons. The molecule has 21 heavy (non-hydrogen) atoms. The molecular weight excluding hydrogens is 270 g/mol. The van der Waals surface area contributed by atoms with Crippen LogP contribution in [0.25, 0.3) is 0 Å². The summed E-state index contributed by atoms with van der Waals surface area (Å²) in [7, 11) is 0. The van der Waals surface area contributed by atoms with Gasteiger partial charge in [-0.2, -0.15) is 0 Å². The van der Waals surface area contributed by atoms with Gasteiger partial charge in [0.05, 0.1) is 13.2 Å². The van der Waals surface area contributed by atoms with Gasteiger partial charge in [0.25, 0.3) is 5.91 Å². The van der Waals surface area contributed by atoms with E-state index in [1.54, 1.807) is 18.2 Å². The number of likely N-dealkylation sites (tertiary alicyclic amines) is 1. The first kappa shape index (κ1) is 14.2. The number of hydrogen-bond donors (Lipinski definition) is 1. The maximum atomic E-state index is 12.6. The molecule has 0 aliphatic carbocycles. The van der Waals surface area contributed by atoms with E-state index in [1.807, 2.05) is 4.90 Å². The molecule has 2 aliphatic heterocycles. The number of benzene rings is 1. The summed E-state index contributed by atoms with van der Waals surface area (Å²) in [6, 6.07) is 5.37. The standard InChI is InChI=1S/C16H21NO4/c18-11-12-3-1-6-17(10-12)16(19)13-4-5-14-15(9-13)21-8-2-7-20-14/h4-5,9,12,18H,1-3,6-8,10-11H2. The van der Waals surface area contributed by atoms with Crippen LogP contribution >= 0.6 is 0 Å². The fourth-order valence-corrected chi connectivity index (χ4v) is 2.88. The molecule has 3 rings (SSSR count). The van der Waals surface area contributed by atoms with E-state index in [-0.39, 0.29) is 18.4 Å². The SMILES string of the molecule is O=C(c1ccc2c(c1)OCCCO2)N1CCCC(CO)C1. The van der Waals surface area contributed by atoms with Gasteiger partial charge in [0, 0.05) is 31.7 Å². The van der Waals surface area contributed by atoms with Crippen LogP contribution in [0.2, 0.25) is 0 Å². The molecule has 0 saturated carbocycles. The van der Waals surface area contributed by atoms with Crippen molar-refractivity contribution in [2.24, 2.45) is 5.92 Å². The lowest BCUT2D eigenvalue weighted by Crippen LogP contribution is -2.40. The molecule has 5 nitrogen and oxygen atoms in total. The van der Waals surface area contributed by atoms with Crippen molar-refractivity contribution in [1.82, 2.24) is 4.90 Å². The Hall–Kier alpha value is -1.75. The minimum absolute atomic E-state index is 0.00352. The zero-order valence-corrected chi connectivity index (χ0v) is 12.1. The van der Waals surface area contributed by atoms with Crippen molar-refractivity contribution in [3.8, 4) is 11.5 Å². The third kappa shape index (κ3) is 3.13. The van der Waals surface area contributed by atoms with E-state index in [1.165, 1.54) is 0 Å². The summed E-state index contributed by atoms with van der Waals surface area (Å²) < 4.78 is 11.2. The van der Waals surface area contributed by atoms with Crippen molar-refractivity contribution in [2.45, 2.75) is 19.3 Å². The zero-order chi connectivity index (χ0) is 14.7. The Morgan fingerprint density at radius 1 is 1.24 bits per heavy atom. The molecule has 1 atom stereocenters. The number of fused-ring (bicyclic) bond motifs is 1. The van der Waals surface area contributed by atoms with Crippen molar-refractivity contribution in [3.63, 3.8) is 0 Å². The van der Waals surface area contributed by atoms with Crippen LogP contribution < -0.4 is 9.47 Å². The van der Waals surface area contributed by atoms with E-state index in [4.69, 9.17) is 9.47 Å². The average Bonchev–Trinajstić information content (AvgIpc) is 2.78. The van der Waals surface area contributed by atoms with E-state index in [0.29, 0.717) is 36.8 Å². The number of nitrogens with zero attached hydrogens (tertiary/aromatic N) is 1. The smallest absolute Gasteiger partial charge is 0.254 e. The normalized spacial score (nSPS) is 21.8. The lowest BCUT2D eigenvalue weighted by molar-refractivity contribution is 0.0620. The summed E-state index contributed by atoms with van der Waals surface area (Å²) in [6.07, 6.45) is 2.78. The lowest BCUT2D eigenvalue weighted by Gasteiger charge is -2.32. The average molecular weight is 291 g/mol. The molecule has 2 heterocycles. The Morgan fingerprint density at radius 2 is 2.05 bits per heavy atom. The Labute approximate surface area is 124 Å². The number of rotatable bonds is 2. The number of carbonyl (C=O) groups excluding carboxylic acids is 1. The predicted molar refractivity (Wildman–Crippen MR) is 77.8 cm³/mol. The summed E-state index contributed by atoms with van der Waals surface area (Å²) in [5.41, 5.74) is 0.623. The van der Waals surface area contributed by atoms with Crippen molar-refractivity contribution in [1.29, 1.82) is 0 Å². The molecule has 2 aliphatic rings. The molecule has 1 N–H and O–H groups in total. The fraction of sp³-hybridized carbons (Fsp3) is 0.562. The van der Waals surface area contributed by atoms with Crippen LogP contribution in [0.4, 0.5) is 0 Å². The molecule has 0 aromatic heterocycles. The number of aliphatic hydroxyl groups is 1. The van der Waals surface area contributed by atoms with E-state index in [9.17, 15) is 9.90 Å². The quantitative estimate of drug-likeness (QED) is 0.901. The predicted octanol–water partition coefficient (Wildman–Crippen LogP) is 1.69. The number of aliphatic hydroxyl groups excluding tert-OH is 1. The highest BCUT2D eigenvalue weighted by atomic mass is 16.5. The van der Waals surface area contributed by atoms with Gasteiger partial charge in [-0.3, -0.25) is 4.79 Å². The number of amides is 1. The molecule has 0 spiro atoms. The molecule has 5 heteroatoms. The highest BCUT2D eigenvalue weighted by Gasteiger charge is 2.25. The molecule has 0 bridgehead atoms. The van der Waals surface area contributed by atoms with E-state index in [2.05, 4.69) is 0 Å². The molecule has 0 radical (unpaired) electrons. The maximum Gasteiger partial charge on any atom is 0.254 e. The van der Waals surface area contributed by atoms with Crippen LogP contribution in [0.3, 0.4) is 0 Å². The van der Waals surface area contributed by atoms with E-state index >= 15 is 0 Å². The first-order valence-corrected chi connectivity index (χ1v) is 7.57. The Balaban J connectivity index is 1.76. The second kappa shape index (κ2) is 6.35. The van der Waals surface area contributed by atoms with Crippen LogP contribution in [0.5, 0.6) is 11.5 Å². The monoisotopic (exact) mass is 291 g/mol. The number of piperidine rings is 1. The van der Waals surface area contributed by atoms with Gasteiger partial charge in [0.15, 0.2) is 11.5 Å². The van der Waals surface area contributed by atoms with Crippen molar-refractivity contribution >= 4 is 5.91 Å². The van der Waals surface area contributed by atoms with E-state index < -0.39 is 0 Å². The van der Waals surface area contributed by atoms with Gasteiger partial charge in [-0.15, -0.1) is 0 Å². The van der Waals surface area contributed by atoms with Crippen LogP contribution in [0.1, 0.15) is 29.6 Å². The second-order valence-electron chi connectivity index (χ2n) is 5.65. The molecule has 1 aromatic rings. The van der Waals surface area contributed by atoms with E-state index in [0.717, 1.165) is 25.8 Å². The van der Waals surface area contributed by atoms with Gasteiger partial charge in [-0.25, -0.2) is 0 Å². The third-order valence-corrected chi connectivity index (χ3v) is 4.06. The number of carbonyl (C=O) groups is 1. The third-order valence-electron chi connectivity index (χ3n) is 4.06. The van der Waals surface area contributed by atoms with Crippen molar-refractivity contribution in [2.75, 3.05) is 32.9 Å². The zero-order valence-electron chi connectivity index (χ0n) is 12.1. The van der Waals surface area contributed by atoms with Crippen LogP contribution in [-0.4, -0.2) is 48.8 Å². The molecular formula is C16H21NO4.